The smallest absolute Gasteiger partial charge is 0.275 e. The summed E-state index contributed by atoms with van der Waals surface area (Å²) in [7, 11) is 1.53. The summed E-state index contributed by atoms with van der Waals surface area (Å²) in [6.07, 6.45) is 7.70. The fourth-order valence-corrected chi connectivity index (χ4v) is 6.88. The highest BCUT2D eigenvalue weighted by atomic mass is 16.5. The van der Waals surface area contributed by atoms with Crippen molar-refractivity contribution >= 4 is 5.91 Å². The van der Waals surface area contributed by atoms with Gasteiger partial charge in [-0.3, -0.25) is 9.80 Å². The predicted octanol–water partition coefficient (Wildman–Crippen LogP) is 1.89. The molecule has 8 nitrogen and oxygen atoms in total. The van der Waals surface area contributed by atoms with Crippen molar-refractivity contribution in [3.63, 3.8) is 0 Å². The highest BCUT2D eigenvalue weighted by Gasteiger charge is 2.58. The third-order valence-corrected chi connectivity index (χ3v) is 7.49. The van der Waals surface area contributed by atoms with Crippen molar-refractivity contribution in [3.05, 3.63) is 18.1 Å². The minimum absolute atomic E-state index is 0.0407. The molecule has 4 atom stereocenters. The van der Waals surface area contributed by atoms with E-state index in [1.165, 1.54) is 13.4 Å². The van der Waals surface area contributed by atoms with Crippen LogP contribution in [-0.2, 0) is 4.74 Å². The molecule has 1 aliphatic heterocycles. The van der Waals surface area contributed by atoms with E-state index < -0.39 is 5.60 Å². The molecule has 6 rings (SSSR count). The molecule has 0 spiro atoms. The molecule has 4 saturated carbocycles. The molecule has 1 aromatic heterocycles. The van der Waals surface area contributed by atoms with Crippen molar-refractivity contribution in [2.45, 2.75) is 69.8 Å². The fraction of sp³-hybridized carbons (Fsp3) is 0.773. The largest absolute Gasteiger partial charge is 0.480 e. The zero-order valence-corrected chi connectivity index (χ0v) is 18.0. The number of hydrazine groups is 1. The predicted molar refractivity (Wildman–Crippen MR) is 109 cm³/mol. The van der Waals surface area contributed by atoms with E-state index >= 15 is 0 Å². The zero-order chi connectivity index (χ0) is 21.0. The number of ether oxygens (including phenoxy) is 2. The van der Waals surface area contributed by atoms with E-state index in [1.807, 2.05) is 5.01 Å². The molecule has 1 amide bonds. The standard InChI is InChI=1S/C22H32N4O4/c1-13-10-25(11-14(2)30-13)26(21(27)18-9-23-12-24-20(18)29-3)19-16-4-15-5-17(19)8-22(28,6-15)7-16/h9,12-17,19,28H,4-8,10-11H2,1-3H3/t13-,14+,15?,16?,17?,19?,22?. The van der Waals surface area contributed by atoms with Crippen LogP contribution in [0.15, 0.2) is 12.5 Å². The molecule has 30 heavy (non-hydrogen) atoms. The van der Waals surface area contributed by atoms with Gasteiger partial charge in [-0.05, 0) is 63.7 Å². The highest BCUT2D eigenvalue weighted by molar-refractivity contribution is 5.96. The van der Waals surface area contributed by atoms with Gasteiger partial charge in [0.15, 0.2) is 0 Å². The number of aliphatic hydroxyl groups is 1. The van der Waals surface area contributed by atoms with Gasteiger partial charge >= 0.3 is 0 Å². The van der Waals surface area contributed by atoms with Gasteiger partial charge in [0.25, 0.3) is 5.91 Å². The molecule has 164 valence electrons. The lowest BCUT2D eigenvalue weighted by molar-refractivity contribution is -0.204. The number of aromatic nitrogens is 2. The monoisotopic (exact) mass is 416 g/mol. The average Bonchev–Trinajstić information content (AvgIpc) is 2.68. The minimum atomic E-state index is -0.541. The second-order valence-corrected chi connectivity index (χ2v) is 9.91. The number of nitrogens with zero attached hydrogens (tertiary/aromatic N) is 4. The quantitative estimate of drug-likeness (QED) is 0.802. The summed E-state index contributed by atoms with van der Waals surface area (Å²) < 4.78 is 11.3. The first kappa shape index (κ1) is 20.2. The molecule has 2 heterocycles. The van der Waals surface area contributed by atoms with Crippen LogP contribution in [0.3, 0.4) is 0 Å². The lowest BCUT2D eigenvalue weighted by Crippen LogP contribution is -2.67. The number of carbonyl (C=O) groups excluding carboxylic acids is 1. The summed E-state index contributed by atoms with van der Waals surface area (Å²) in [6.45, 7) is 5.43. The summed E-state index contributed by atoms with van der Waals surface area (Å²) in [5, 5.41) is 15.2. The molecule has 1 aromatic rings. The van der Waals surface area contributed by atoms with Crippen LogP contribution in [0.2, 0.25) is 0 Å². The van der Waals surface area contributed by atoms with Crippen LogP contribution in [0.5, 0.6) is 5.88 Å². The maximum Gasteiger partial charge on any atom is 0.275 e. The van der Waals surface area contributed by atoms with E-state index in [0.29, 0.717) is 42.3 Å². The van der Waals surface area contributed by atoms with E-state index in [0.717, 1.165) is 32.1 Å². The Labute approximate surface area is 177 Å². The van der Waals surface area contributed by atoms with Gasteiger partial charge in [0.2, 0.25) is 5.88 Å². The summed E-state index contributed by atoms with van der Waals surface area (Å²) in [6, 6.07) is 0.0803. The number of carbonyl (C=O) groups is 1. The average molecular weight is 417 g/mol. The third kappa shape index (κ3) is 3.39. The van der Waals surface area contributed by atoms with E-state index in [-0.39, 0.29) is 24.2 Å². The molecule has 0 radical (unpaired) electrons. The first-order chi connectivity index (χ1) is 14.4. The van der Waals surface area contributed by atoms with Crippen LogP contribution < -0.4 is 4.74 Å². The van der Waals surface area contributed by atoms with Crippen LogP contribution in [0.1, 0.15) is 56.3 Å². The number of amides is 1. The second-order valence-electron chi connectivity index (χ2n) is 9.91. The van der Waals surface area contributed by atoms with Gasteiger partial charge in [-0.25, -0.2) is 15.0 Å². The van der Waals surface area contributed by atoms with E-state index in [9.17, 15) is 9.90 Å². The molecule has 8 heteroatoms. The molecule has 5 aliphatic rings. The third-order valence-electron chi connectivity index (χ3n) is 7.49. The summed E-state index contributed by atoms with van der Waals surface area (Å²) in [4.78, 5) is 22.2. The summed E-state index contributed by atoms with van der Waals surface area (Å²) in [5.74, 6) is 1.40. The Morgan fingerprint density at radius 2 is 1.90 bits per heavy atom. The van der Waals surface area contributed by atoms with Crippen LogP contribution in [0, 0.1) is 17.8 Å². The molecule has 2 unspecified atom stereocenters. The van der Waals surface area contributed by atoms with Crippen LogP contribution >= 0.6 is 0 Å². The van der Waals surface area contributed by atoms with Crippen molar-refractivity contribution in [2.24, 2.45) is 17.8 Å². The molecule has 5 fully saturated rings. The van der Waals surface area contributed by atoms with Crippen molar-refractivity contribution < 1.29 is 19.4 Å². The molecular formula is C22H32N4O4. The number of rotatable bonds is 4. The van der Waals surface area contributed by atoms with Crippen LogP contribution in [-0.4, -0.2) is 75.0 Å². The fourth-order valence-electron chi connectivity index (χ4n) is 6.88. The van der Waals surface area contributed by atoms with Gasteiger partial charge in [-0.15, -0.1) is 0 Å². The van der Waals surface area contributed by atoms with Crippen molar-refractivity contribution in [3.8, 4) is 5.88 Å². The molecule has 1 N–H and O–H groups in total. The number of hydrogen-bond acceptors (Lipinski definition) is 7. The van der Waals surface area contributed by atoms with Gasteiger partial charge in [-0.1, -0.05) is 0 Å². The Hall–Kier alpha value is -1.77. The first-order valence-electron chi connectivity index (χ1n) is 11.2. The maximum atomic E-state index is 14.0. The molecule has 0 aromatic carbocycles. The van der Waals surface area contributed by atoms with Gasteiger partial charge in [-0.2, -0.15) is 0 Å². The summed E-state index contributed by atoms with van der Waals surface area (Å²) >= 11 is 0. The van der Waals surface area contributed by atoms with Crippen LogP contribution in [0.25, 0.3) is 0 Å². The molecular weight excluding hydrogens is 384 g/mol. The summed E-state index contributed by atoms with van der Waals surface area (Å²) in [5.41, 5.74) is -0.153. The molecule has 1 saturated heterocycles. The van der Waals surface area contributed by atoms with Crippen LogP contribution in [0.4, 0.5) is 0 Å². The molecule has 4 bridgehead atoms. The lowest BCUT2D eigenvalue weighted by Gasteiger charge is -2.61. The Morgan fingerprint density at radius 1 is 1.23 bits per heavy atom. The van der Waals surface area contributed by atoms with Gasteiger partial charge in [0.1, 0.15) is 11.9 Å². The Kier molecular flexibility index (Phi) is 4.99. The zero-order valence-electron chi connectivity index (χ0n) is 18.0. The van der Waals surface area contributed by atoms with Gasteiger partial charge in [0, 0.05) is 19.3 Å². The Bertz CT molecular complexity index is 794. The van der Waals surface area contributed by atoms with Gasteiger partial charge in [0.05, 0.1) is 31.0 Å². The normalized spacial score (nSPS) is 40.4. The minimum Gasteiger partial charge on any atom is -0.480 e. The number of morpholine rings is 1. The van der Waals surface area contributed by atoms with E-state index in [4.69, 9.17) is 9.47 Å². The topological polar surface area (TPSA) is 88.0 Å². The SMILES string of the molecule is COc1ncncc1C(=O)N(C1C2CC3CC1CC(O)(C3)C2)N1C[C@@H](C)O[C@@H](C)C1. The maximum absolute atomic E-state index is 14.0. The molecule has 4 aliphatic carbocycles. The number of hydrogen-bond donors (Lipinski definition) is 1. The lowest BCUT2D eigenvalue weighted by atomic mass is 9.52. The van der Waals surface area contributed by atoms with Gasteiger partial charge < -0.3 is 14.6 Å². The Balaban J connectivity index is 1.53. The second kappa shape index (κ2) is 7.43. The van der Waals surface area contributed by atoms with E-state index in [2.05, 4.69) is 28.8 Å². The first-order valence-corrected chi connectivity index (χ1v) is 11.2. The van der Waals surface area contributed by atoms with E-state index in [1.54, 1.807) is 6.20 Å². The highest BCUT2D eigenvalue weighted by Crippen LogP contribution is 2.57. The van der Waals surface area contributed by atoms with Crippen molar-refractivity contribution in [1.29, 1.82) is 0 Å². The Morgan fingerprint density at radius 3 is 2.50 bits per heavy atom. The van der Waals surface area contributed by atoms with Crippen molar-refractivity contribution in [1.82, 2.24) is 20.0 Å². The van der Waals surface area contributed by atoms with Crippen molar-refractivity contribution in [2.75, 3.05) is 20.2 Å². The number of methoxy groups -OCH3 is 1.